The van der Waals surface area contributed by atoms with Gasteiger partial charge in [0.05, 0.1) is 12.3 Å². The van der Waals surface area contributed by atoms with Gasteiger partial charge in [0.2, 0.25) is 0 Å². The molecule has 2 nitrogen and oxygen atoms in total. The topological polar surface area (TPSA) is 25.2 Å². The Labute approximate surface area is 83.6 Å². The minimum Gasteiger partial charge on any atom is -0.468 e. The third kappa shape index (κ3) is 3.25. The van der Waals surface area contributed by atoms with Gasteiger partial charge in [0.25, 0.3) is 0 Å². The zero-order valence-electron chi connectivity index (χ0n) is 7.88. The first kappa shape index (κ1) is 10.4. The van der Waals surface area contributed by atoms with Gasteiger partial charge in [-0.1, -0.05) is 11.6 Å². The second-order valence-corrected chi connectivity index (χ2v) is 3.29. The summed E-state index contributed by atoms with van der Waals surface area (Å²) in [4.78, 5) is 0. The van der Waals surface area contributed by atoms with E-state index in [1.54, 1.807) is 11.8 Å². The SMILES string of the molecule is C/C(=C\Cl)CNC(C)c1ccco1. The number of furan rings is 1. The summed E-state index contributed by atoms with van der Waals surface area (Å²) in [5, 5.41) is 3.29. The molecule has 1 unspecified atom stereocenters. The predicted octanol–water partition coefficient (Wildman–Crippen LogP) is 3.07. The van der Waals surface area contributed by atoms with E-state index in [-0.39, 0.29) is 6.04 Å². The van der Waals surface area contributed by atoms with Crippen molar-refractivity contribution in [3.63, 3.8) is 0 Å². The molecule has 0 aliphatic heterocycles. The fourth-order valence-electron chi connectivity index (χ4n) is 0.991. The minimum atomic E-state index is 0.224. The Morgan fingerprint density at radius 3 is 3.08 bits per heavy atom. The van der Waals surface area contributed by atoms with E-state index in [9.17, 15) is 0 Å². The maximum Gasteiger partial charge on any atom is 0.120 e. The Morgan fingerprint density at radius 1 is 1.77 bits per heavy atom. The highest BCUT2D eigenvalue weighted by molar-refractivity contribution is 6.25. The smallest absolute Gasteiger partial charge is 0.120 e. The van der Waals surface area contributed by atoms with Crippen molar-refractivity contribution in [2.75, 3.05) is 6.54 Å². The second kappa shape index (κ2) is 5.10. The van der Waals surface area contributed by atoms with Gasteiger partial charge in [-0.25, -0.2) is 0 Å². The summed E-state index contributed by atoms with van der Waals surface area (Å²) in [6, 6.07) is 4.07. The molecule has 0 saturated heterocycles. The molecule has 3 heteroatoms. The molecule has 0 aliphatic rings. The van der Waals surface area contributed by atoms with Crippen molar-refractivity contribution < 1.29 is 4.42 Å². The summed E-state index contributed by atoms with van der Waals surface area (Å²) in [6.07, 6.45) is 1.68. The molecule has 0 saturated carbocycles. The highest BCUT2D eigenvalue weighted by Crippen LogP contribution is 2.12. The molecule has 0 aromatic carbocycles. The first-order valence-electron chi connectivity index (χ1n) is 4.26. The van der Waals surface area contributed by atoms with Crippen molar-refractivity contribution in [2.24, 2.45) is 0 Å². The Kier molecular flexibility index (Phi) is 4.06. The summed E-state index contributed by atoms with van der Waals surface area (Å²) >= 11 is 5.53. The van der Waals surface area contributed by atoms with Crippen molar-refractivity contribution in [2.45, 2.75) is 19.9 Å². The van der Waals surface area contributed by atoms with Crippen LogP contribution in [0.2, 0.25) is 0 Å². The van der Waals surface area contributed by atoms with Crippen LogP contribution in [0.4, 0.5) is 0 Å². The molecule has 1 atom stereocenters. The number of halogens is 1. The Hall–Kier alpha value is -0.730. The molecule has 0 aliphatic carbocycles. The van der Waals surface area contributed by atoms with Crippen molar-refractivity contribution in [1.29, 1.82) is 0 Å². The molecular weight excluding hydrogens is 186 g/mol. The highest BCUT2D eigenvalue weighted by Gasteiger charge is 2.06. The van der Waals surface area contributed by atoms with E-state index in [1.807, 2.05) is 19.1 Å². The first-order valence-corrected chi connectivity index (χ1v) is 4.70. The number of nitrogens with one attached hydrogen (secondary N) is 1. The summed E-state index contributed by atoms with van der Waals surface area (Å²) in [6.45, 7) is 4.82. The number of hydrogen-bond donors (Lipinski definition) is 1. The average molecular weight is 200 g/mol. The highest BCUT2D eigenvalue weighted by atomic mass is 35.5. The van der Waals surface area contributed by atoms with Gasteiger partial charge in [-0.15, -0.1) is 0 Å². The van der Waals surface area contributed by atoms with Crippen LogP contribution in [-0.2, 0) is 0 Å². The minimum absolute atomic E-state index is 0.224. The lowest BCUT2D eigenvalue weighted by molar-refractivity contribution is 0.439. The fourth-order valence-corrected chi connectivity index (χ4v) is 1.07. The van der Waals surface area contributed by atoms with E-state index < -0.39 is 0 Å². The summed E-state index contributed by atoms with van der Waals surface area (Å²) in [5.41, 5.74) is 2.70. The molecule has 72 valence electrons. The predicted molar refractivity (Wildman–Crippen MR) is 54.7 cm³/mol. The Balaban J connectivity index is 2.38. The molecular formula is C10H14ClNO. The summed E-state index contributed by atoms with van der Waals surface area (Å²) in [7, 11) is 0. The standard InChI is InChI=1S/C10H14ClNO/c1-8(6-11)7-12-9(2)10-4-3-5-13-10/h3-6,9,12H,7H2,1-2H3/b8-6+. The van der Waals surface area contributed by atoms with Gasteiger partial charge in [-0.2, -0.15) is 0 Å². The van der Waals surface area contributed by atoms with Crippen LogP contribution in [0.5, 0.6) is 0 Å². The van der Waals surface area contributed by atoms with Crippen LogP contribution in [0.25, 0.3) is 0 Å². The molecule has 0 spiro atoms. The second-order valence-electron chi connectivity index (χ2n) is 3.07. The van der Waals surface area contributed by atoms with Gasteiger partial charge >= 0.3 is 0 Å². The van der Waals surface area contributed by atoms with Crippen LogP contribution >= 0.6 is 11.6 Å². The molecule has 1 aromatic heterocycles. The molecule has 13 heavy (non-hydrogen) atoms. The fraction of sp³-hybridized carbons (Fsp3) is 0.400. The third-order valence-electron chi connectivity index (χ3n) is 1.84. The largest absolute Gasteiger partial charge is 0.468 e. The lowest BCUT2D eigenvalue weighted by Crippen LogP contribution is -2.19. The zero-order valence-corrected chi connectivity index (χ0v) is 8.64. The van der Waals surface area contributed by atoms with Crippen molar-refractivity contribution >= 4 is 11.6 Å². The maximum absolute atomic E-state index is 5.53. The van der Waals surface area contributed by atoms with Crippen LogP contribution in [0.15, 0.2) is 33.9 Å². The van der Waals surface area contributed by atoms with Crippen LogP contribution in [0, 0.1) is 0 Å². The summed E-state index contributed by atoms with van der Waals surface area (Å²) < 4.78 is 5.25. The number of rotatable bonds is 4. The lowest BCUT2D eigenvalue weighted by atomic mass is 10.2. The molecule has 0 radical (unpaired) electrons. The van der Waals surface area contributed by atoms with Crippen LogP contribution in [-0.4, -0.2) is 6.54 Å². The third-order valence-corrected chi connectivity index (χ3v) is 2.22. The van der Waals surface area contributed by atoms with Gasteiger partial charge < -0.3 is 9.73 Å². The molecule has 1 heterocycles. The van der Waals surface area contributed by atoms with Crippen LogP contribution in [0.1, 0.15) is 25.6 Å². The van der Waals surface area contributed by atoms with Gasteiger partial charge in [-0.3, -0.25) is 0 Å². The van der Waals surface area contributed by atoms with Crippen LogP contribution < -0.4 is 5.32 Å². The quantitative estimate of drug-likeness (QED) is 0.807. The van der Waals surface area contributed by atoms with E-state index in [2.05, 4.69) is 12.2 Å². The van der Waals surface area contributed by atoms with E-state index in [4.69, 9.17) is 16.0 Å². The Bertz CT molecular complexity index is 266. The monoisotopic (exact) mass is 199 g/mol. The molecule has 0 bridgehead atoms. The Morgan fingerprint density at radius 2 is 2.54 bits per heavy atom. The lowest BCUT2D eigenvalue weighted by Gasteiger charge is -2.10. The molecule has 1 N–H and O–H groups in total. The van der Waals surface area contributed by atoms with Crippen molar-refractivity contribution in [3.8, 4) is 0 Å². The summed E-state index contributed by atoms with van der Waals surface area (Å²) in [5.74, 6) is 0.947. The average Bonchev–Trinajstić information content (AvgIpc) is 2.66. The van der Waals surface area contributed by atoms with Crippen molar-refractivity contribution in [1.82, 2.24) is 5.32 Å². The first-order chi connectivity index (χ1) is 6.24. The van der Waals surface area contributed by atoms with Gasteiger partial charge in [0.1, 0.15) is 5.76 Å². The van der Waals surface area contributed by atoms with Crippen LogP contribution in [0.3, 0.4) is 0 Å². The molecule has 1 aromatic rings. The van der Waals surface area contributed by atoms with Gasteiger partial charge in [-0.05, 0) is 31.6 Å². The van der Waals surface area contributed by atoms with Gasteiger partial charge in [0.15, 0.2) is 0 Å². The van der Waals surface area contributed by atoms with Crippen molar-refractivity contribution in [3.05, 3.63) is 35.3 Å². The normalized spacial score (nSPS) is 14.5. The number of hydrogen-bond acceptors (Lipinski definition) is 2. The van der Waals surface area contributed by atoms with E-state index in [1.165, 1.54) is 0 Å². The molecule has 0 amide bonds. The van der Waals surface area contributed by atoms with Gasteiger partial charge in [0, 0.05) is 12.1 Å². The molecule has 1 rings (SSSR count). The zero-order chi connectivity index (χ0) is 9.68. The van der Waals surface area contributed by atoms with E-state index in [0.29, 0.717) is 0 Å². The van der Waals surface area contributed by atoms with E-state index >= 15 is 0 Å². The van der Waals surface area contributed by atoms with E-state index in [0.717, 1.165) is 17.9 Å². The maximum atomic E-state index is 5.53. The molecule has 0 fully saturated rings.